The molecule has 0 bridgehead atoms. The second-order valence-corrected chi connectivity index (χ2v) is 6.01. The molecule has 8 nitrogen and oxygen atoms in total. The number of piperidine rings is 1. The van der Waals surface area contributed by atoms with Crippen LogP contribution in [0.15, 0.2) is 30.9 Å². The van der Waals surface area contributed by atoms with E-state index in [1.54, 1.807) is 36.4 Å². The summed E-state index contributed by atoms with van der Waals surface area (Å²) in [7, 11) is 3.62. The molecule has 0 spiro atoms. The van der Waals surface area contributed by atoms with Gasteiger partial charge in [-0.15, -0.1) is 0 Å². The molecule has 0 aliphatic carbocycles. The van der Waals surface area contributed by atoms with Crippen LogP contribution in [0.2, 0.25) is 0 Å². The number of likely N-dealkylation sites (N-methyl/N-ethyl adjacent to an activating group) is 1. The van der Waals surface area contributed by atoms with Gasteiger partial charge in [0, 0.05) is 50.3 Å². The molecule has 1 fully saturated rings. The predicted octanol–water partition coefficient (Wildman–Crippen LogP) is 0.256. The Morgan fingerprint density at radius 1 is 1.38 bits per heavy atom. The van der Waals surface area contributed by atoms with Crippen molar-refractivity contribution in [1.82, 2.24) is 30.4 Å². The molecule has 3 heterocycles. The number of anilines is 1. The van der Waals surface area contributed by atoms with Crippen molar-refractivity contribution in [3.63, 3.8) is 0 Å². The van der Waals surface area contributed by atoms with Gasteiger partial charge < -0.3 is 15.5 Å². The molecule has 3 rings (SSSR count). The van der Waals surface area contributed by atoms with E-state index in [2.05, 4.69) is 30.6 Å². The number of amides is 1. The molecule has 8 heteroatoms. The molecule has 2 aromatic rings. The van der Waals surface area contributed by atoms with Crippen molar-refractivity contribution in [2.24, 2.45) is 7.05 Å². The number of carbonyl (C=O) groups excluding carboxylic acids is 1. The highest BCUT2D eigenvalue weighted by atomic mass is 16.2. The summed E-state index contributed by atoms with van der Waals surface area (Å²) >= 11 is 0. The number of aromatic nitrogens is 4. The number of nitrogens with zero attached hydrogens (tertiary/aromatic N) is 5. The standard InChI is InChI=1S/C16H23N7O/c1-17-14(12-9-20-22(2)10-12)15(24)21-13-5-3-8-23(11-13)16-18-6-4-7-19-16/h4,6-7,9-10,13-14,17H,3,5,8,11H2,1-2H3,(H,21,24). The minimum Gasteiger partial charge on any atom is -0.350 e. The van der Waals surface area contributed by atoms with E-state index in [-0.39, 0.29) is 11.9 Å². The van der Waals surface area contributed by atoms with Crippen LogP contribution in [0.4, 0.5) is 5.95 Å². The molecule has 128 valence electrons. The molecule has 2 N–H and O–H groups in total. The highest BCUT2D eigenvalue weighted by Gasteiger charge is 2.26. The summed E-state index contributed by atoms with van der Waals surface area (Å²) in [4.78, 5) is 23.3. The van der Waals surface area contributed by atoms with Gasteiger partial charge in [-0.1, -0.05) is 0 Å². The monoisotopic (exact) mass is 329 g/mol. The number of nitrogens with one attached hydrogen (secondary N) is 2. The van der Waals surface area contributed by atoms with Gasteiger partial charge in [-0.25, -0.2) is 9.97 Å². The summed E-state index contributed by atoms with van der Waals surface area (Å²) in [6, 6.07) is 1.49. The van der Waals surface area contributed by atoms with E-state index in [9.17, 15) is 4.79 Å². The van der Waals surface area contributed by atoms with Crippen LogP contribution in [-0.4, -0.2) is 51.8 Å². The van der Waals surface area contributed by atoms with Crippen molar-refractivity contribution < 1.29 is 4.79 Å². The first-order valence-electron chi connectivity index (χ1n) is 8.15. The third kappa shape index (κ3) is 3.70. The molecule has 1 aliphatic heterocycles. The van der Waals surface area contributed by atoms with E-state index < -0.39 is 6.04 Å². The highest BCUT2D eigenvalue weighted by Crippen LogP contribution is 2.17. The zero-order chi connectivity index (χ0) is 16.9. The van der Waals surface area contributed by atoms with Crippen molar-refractivity contribution in [3.05, 3.63) is 36.4 Å². The van der Waals surface area contributed by atoms with Crippen molar-refractivity contribution in [1.29, 1.82) is 0 Å². The first kappa shape index (κ1) is 16.4. The second kappa shape index (κ2) is 7.39. The van der Waals surface area contributed by atoms with Crippen LogP contribution in [0.5, 0.6) is 0 Å². The fraction of sp³-hybridized carbons (Fsp3) is 0.500. The first-order chi connectivity index (χ1) is 11.7. The zero-order valence-corrected chi connectivity index (χ0v) is 14.0. The molecule has 0 aromatic carbocycles. The Morgan fingerprint density at radius 2 is 2.17 bits per heavy atom. The van der Waals surface area contributed by atoms with Crippen molar-refractivity contribution in [3.8, 4) is 0 Å². The molecule has 0 saturated carbocycles. The Balaban J connectivity index is 1.63. The average molecular weight is 329 g/mol. The third-order valence-corrected chi connectivity index (χ3v) is 4.21. The molecular weight excluding hydrogens is 306 g/mol. The number of rotatable bonds is 5. The van der Waals surface area contributed by atoms with E-state index in [1.165, 1.54) is 0 Å². The van der Waals surface area contributed by atoms with E-state index >= 15 is 0 Å². The summed E-state index contributed by atoms with van der Waals surface area (Å²) in [5.41, 5.74) is 0.858. The van der Waals surface area contributed by atoms with Crippen molar-refractivity contribution in [2.45, 2.75) is 24.9 Å². The van der Waals surface area contributed by atoms with Gasteiger partial charge >= 0.3 is 0 Å². The van der Waals surface area contributed by atoms with Gasteiger partial charge in [0.25, 0.3) is 0 Å². The molecule has 1 saturated heterocycles. The lowest BCUT2D eigenvalue weighted by Gasteiger charge is -2.33. The molecule has 0 radical (unpaired) electrons. The van der Waals surface area contributed by atoms with Crippen LogP contribution in [0, 0.1) is 0 Å². The second-order valence-electron chi connectivity index (χ2n) is 6.01. The minimum absolute atomic E-state index is 0.0358. The zero-order valence-electron chi connectivity index (χ0n) is 14.0. The first-order valence-corrected chi connectivity index (χ1v) is 8.15. The summed E-state index contributed by atoms with van der Waals surface area (Å²) in [6.07, 6.45) is 9.00. The van der Waals surface area contributed by atoms with Crippen molar-refractivity contribution in [2.75, 3.05) is 25.0 Å². The van der Waals surface area contributed by atoms with Crippen LogP contribution in [0.25, 0.3) is 0 Å². The van der Waals surface area contributed by atoms with Gasteiger partial charge in [0.15, 0.2) is 0 Å². The van der Waals surface area contributed by atoms with E-state index in [4.69, 9.17) is 0 Å². The maximum atomic E-state index is 12.6. The lowest BCUT2D eigenvalue weighted by molar-refractivity contribution is -0.123. The quantitative estimate of drug-likeness (QED) is 0.818. The molecule has 2 unspecified atom stereocenters. The van der Waals surface area contributed by atoms with E-state index in [1.807, 2.05) is 13.2 Å². The lowest BCUT2D eigenvalue weighted by atomic mass is 10.0. The Hall–Kier alpha value is -2.48. The molecule has 1 amide bonds. The van der Waals surface area contributed by atoms with Crippen LogP contribution >= 0.6 is 0 Å². The van der Waals surface area contributed by atoms with E-state index in [0.29, 0.717) is 5.95 Å². The normalized spacial score (nSPS) is 19.1. The molecular formula is C16H23N7O. The summed E-state index contributed by atoms with van der Waals surface area (Å²) in [5.74, 6) is 0.681. The van der Waals surface area contributed by atoms with E-state index in [0.717, 1.165) is 31.5 Å². The Bertz CT molecular complexity index is 672. The van der Waals surface area contributed by atoms with Crippen LogP contribution in [-0.2, 0) is 11.8 Å². The summed E-state index contributed by atoms with van der Waals surface area (Å²) < 4.78 is 1.70. The smallest absolute Gasteiger partial charge is 0.242 e. The van der Waals surface area contributed by atoms with Gasteiger partial charge in [0.05, 0.1) is 6.20 Å². The fourth-order valence-electron chi connectivity index (χ4n) is 3.05. The highest BCUT2D eigenvalue weighted by molar-refractivity contribution is 5.83. The Kier molecular flexibility index (Phi) is 5.05. The number of aryl methyl sites for hydroxylation is 1. The maximum absolute atomic E-state index is 12.6. The SMILES string of the molecule is CNC(C(=O)NC1CCCN(c2ncccn2)C1)c1cnn(C)c1. The van der Waals surface area contributed by atoms with Crippen molar-refractivity contribution >= 4 is 11.9 Å². The van der Waals surface area contributed by atoms with Gasteiger partial charge in [-0.3, -0.25) is 9.48 Å². The largest absolute Gasteiger partial charge is 0.350 e. The van der Waals surface area contributed by atoms with Gasteiger partial charge in [-0.05, 0) is 26.0 Å². The van der Waals surface area contributed by atoms with Crippen LogP contribution in [0.1, 0.15) is 24.4 Å². The summed E-state index contributed by atoms with van der Waals surface area (Å²) in [5, 5.41) is 10.3. The van der Waals surface area contributed by atoms with Gasteiger partial charge in [0.1, 0.15) is 6.04 Å². The molecule has 2 atom stereocenters. The Labute approximate surface area is 141 Å². The summed E-state index contributed by atoms with van der Waals surface area (Å²) in [6.45, 7) is 1.63. The Morgan fingerprint density at radius 3 is 2.83 bits per heavy atom. The average Bonchev–Trinajstić information content (AvgIpc) is 3.02. The molecule has 2 aromatic heterocycles. The minimum atomic E-state index is -0.401. The number of hydrogen-bond acceptors (Lipinski definition) is 6. The van der Waals surface area contributed by atoms with Crippen LogP contribution < -0.4 is 15.5 Å². The molecule has 24 heavy (non-hydrogen) atoms. The predicted molar refractivity (Wildman–Crippen MR) is 90.4 cm³/mol. The topological polar surface area (TPSA) is 88.0 Å². The fourth-order valence-corrected chi connectivity index (χ4v) is 3.05. The lowest BCUT2D eigenvalue weighted by Crippen LogP contribution is -2.50. The molecule has 1 aliphatic rings. The third-order valence-electron chi connectivity index (χ3n) is 4.21. The number of carbonyl (C=O) groups is 1. The van der Waals surface area contributed by atoms with Gasteiger partial charge in [-0.2, -0.15) is 5.10 Å². The number of hydrogen-bond donors (Lipinski definition) is 2. The van der Waals surface area contributed by atoms with Gasteiger partial charge in [0.2, 0.25) is 11.9 Å². The van der Waals surface area contributed by atoms with Crippen LogP contribution in [0.3, 0.4) is 0 Å². The maximum Gasteiger partial charge on any atom is 0.242 e.